The minimum atomic E-state index is -0.366. The Morgan fingerprint density at radius 3 is 2.71 bits per heavy atom. The van der Waals surface area contributed by atoms with Crippen molar-refractivity contribution in [1.82, 2.24) is 19.7 Å². The van der Waals surface area contributed by atoms with Gasteiger partial charge in [0.25, 0.3) is 5.56 Å². The molecule has 0 atom stereocenters. The van der Waals surface area contributed by atoms with Gasteiger partial charge in [-0.15, -0.1) is 0 Å². The van der Waals surface area contributed by atoms with Gasteiger partial charge in [-0.3, -0.25) is 14.2 Å². The average Bonchev–Trinajstić information content (AvgIpc) is 3.02. The molecule has 0 unspecified atom stereocenters. The third-order valence-corrected chi connectivity index (χ3v) is 4.97. The van der Waals surface area contributed by atoms with Gasteiger partial charge in [-0.1, -0.05) is 13.0 Å². The fraction of sp³-hybridized carbons (Fsp3) is 0.381. The third-order valence-electron chi connectivity index (χ3n) is 4.97. The van der Waals surface area contributed by atoms with Crippen molar-refractivity contribution in [2.75, 3.05) is 6.54 Å². The van der Waals surface area contributed by atoms with Crippen molar-refractivity contribution >= 4 is 16.9 Å². The van der Waals surface area contributed by atoms with E-state index < -0.39 is 0 Å². The van der Waals surface area contributed by atoms with E-state index in [1.165, 1.54) is 16.7 Å². The van der Waals surface area contributed by atoms with Crippen LogP contribution in [0.15, 0.2) is 29.1 Å². The van der Waals surface area contributed by atoms with Gasteiger partial charge in [0, 0.05) is 31.0 Å². The minimum Gasteiger partial charge on any atom is -0.356 e. The quantitative estimate of drug-likeness (QED) is 0.710. The SMILES string of the molecule is CCCNC(=O)CCc1c(C)c2c(C)nn(-c3cccc(F)c3)c2n(C)c1=O. The molecule has 0 fully saturated rings. The summed E-state index contributed by atoms with van der Waals surface area (Å²) < 4.78 is 16.8. The molecule has 3 aromatic rings. The highest BCUT2D eigenvalue weighted by molar-refractivity contribution is 5.85. The van der Waals surface area contributed by atoms with Crippen LogP contribution in [0.2, 0.25) is 0 Å². The predicted octanol–water partition coefficient (Wildman–Crippen LogP) is 2.94. The topological polar surface area (TPSA) is 68.9 Å². The Morgan fingerprint density at radius 2 is 2.04 bits per heavy atom. The highest BCUT2D eigenvalue weighted by Crippen LogP contribution is 2.26. The maximum Gasteiger partial charge on any atom is 0.255 e. The average molecular weight is 384 g/mol. The van der Waals surface area contributed by atoms with Crippen molar-refractivity contribution in [1.29, 1.82) is 0 Å². The lowest BCUT2D eigenvalue weighted by molar-refractivity contribution is -0.121. The number of carbonyl (C=O) groups excluding carboxylic acids is 1. The van der Waals surface area contributed by atoms with E-state index in [2.05, 4.69) is 10.4 Å². The maximum atomic E-state index is 13.7. The molecule has 0 saturated heterocycles. The molecule has 0 saturated carbocycles. The van der Waals surface area contributed by atoms with E-state index in [1.54, 1.807) is 23.9 Å². The van der Waals surface area contributed by atoms with Crippen LogP contribution in [0.5, 0.6) is 0 Å². The zero-order valence-corrected chi connectivity index (χ0v) is 16.7. The normalized spacial score (nSPS) is 11.2. The number of pyridine rings is 1. The highest BCUT2D eigenvalue weighted by Gasteiger charge is 2.20. The Labute approximate surface area is 163 Å². The molecule has 28 heavy (non-hydrogen) atoms. The third kappa shape index (κ3) is 3.56. The number of nitrogens with one attached hydrogen (secondary N) is 1. The van der Waals surface area contributed by atoms with E-state index in [1.807, 2.05) is 20.8 Å². The second kappa shape index (κ2) is 7.96. The number of hydrogen-bond donors (Lipinski definition) is 1. The van der Waals surface area contributed by atoms with Crippen molar-refractivity contribution < 1.29 is 9.18 Å². The second-order valence-electron chi connectivity index (χ2n) is 6.99. The van der Waals surface area contributed by atoms with Crippen LogP contribution < -0.4 is 10.9 Å². The fourth-order valence-electron chi connectivity index (χ4n) is 3.55. The van der Waals surface area contributed by atoms with E-state index in [0.717, 1.165) is 23.1 Å². The van der Waals surface area contributed by atoms with Gasteiger partial charge in [0.2, 0.25) is 5.91 Å². The molecule has 0 spiro atoms. The summed E-state index contributed by atoms with van der Waals surface area (Å²) >= 11 is 0. The van der Waals surface area contributed by atoms with Crippen molar-refractivity contribution in [3.05, 3.63) is 57.3 Å². The maximum absolute atomic E-state index is 13.7. The summed E-state index contributed by atoms with van der Waals surface area (Å²) in [5.74, 6) is -0.425. The van der Waals surface area contributed by atoms with Gasteiger partial charge < -0.3 is 5.32 Å². The van der Waals surface area contributed by atoms with Crippen LogP contribution >= 0.6 is 0 Å². The summed E-state index contributed by atoms with van der Waals surface area (Å²) in [6, 6.07) is 6.12. The molecule has 2 aromatic heterocycles. The van der Waals surface area contributed by atoms with Gasteiger partial charge >= 0.3 is 0 Å². The summed E-state index contributed by atoms with van der Waals surface area (Å²) in [5, 5.41) is 8.24. The molecule has 0 bridgehead atoms. The number of nitrogens with zero attached hydrogens (tertiary/aromatic N) is 3. The van der Waals surface area contributed by atoms with Gasteiger partial charge in [0.15, 0.2) is 0 Å². The molecule has 3 rings (SSSR count). The molecule has 1 N–H and O–H groups in total. The molecule has 0 aliphatic carbocycles. The Balaban J connectivity index is 2.10. The first kappa shape index (κ1) is 19.8. The van der Waals surface area contributed by atoms with Crippen LogP contribution in [0.3, 0.4) is 0 Å². The van der Waals surface area contributed by atoms with Gasteiger partial charge in [0.05, 0.1) is 11.4 Å². The lowest BCUT2D eigenvalue weighted by atomic mass is 10.0. The van der Waals surface area contributed by atoms with Gasteiger partial charge in [-0.05, 0) is 50.5 Å². The molecule has 6 nitrogen and oxygen atoms in total. The summed E-state index contributed by atoms with van der Waals surface area (Å²) in [5.41, 5.74) is 3.20. The van der Waals surface area contributed by atoms with Crippen molar-refractivity contribution in [2.45, 2.75) is 40.0 Å². The summed E-state index contributed by atoms with van der Waals surface area (Å²) in [6.07, 6.45) is 1.50. The van der Waals surface area contributed by atoms with E-state index in [-0.39, 0.29) is 23.7 Å². The summed E-state index contributed by atoms with van der Waals surface area (Å²) in [7, 11) is 1.68. The highest BCUT2D eigenvalue weighted by atomic mass is 19.1. The molecule has 1 aromatic carbocycles. The minimum absolute atomic E-state index is 0.0597. The molecule has 2 heterocycles. The largest absolute Gasteiger partial charge is 0.356 e. The van der Waals surface area contributed by atoms with E-state index in [9.17, 15) is 14.0 Å². The molecule has 1 amide bonds. The second-order valence-corrected chi connectivity index (χ2v) is 6.99. The number of carbonyl (C=O) groups is 1. The van der Waals surface area contributed by atoms with Crippen molar-refractivity contribution in [3.63, 3.8) is 0 Å². The van der Waals surface area contributed by atoms with E-state index >= 15 is 0 Å². The lowest BCUT2D eigenvalue weighted by Crippen LogP contribution is -2.28. The molecular weight excluding hydrogens is 359 g/mol. The zero-order valence-electron chi connectivity index (χ0n) is 16.7. The van der Waals surface area contributed by atoms with Gasteiger partial charge in [0.1, 0.15) is 11.5 Å². The molecule has 0 aliphatic rings. The van der Waals surface area contributed by atoms with E-state index in [4.69, 9.17) is 0 Å². The van der Waals surface area contributed by atoms with Crippen molar-refractivity contribution in [3.8, 4) is 5.69 Å². The first-order valence-electron chi connectivity index (χ1n) is 9.45. The van der Waals surface area contributed by atoms with Crippen molar-refractivity contribution in [2.24, 2.45) is 7.05 Å². The number of hydrogen-bond acceptors (Lipinski definition) is 3. The Hall–Kier alpha value is -2.96. The summed E-state index contributed by atoms with van der Waals surface area (Å²) in [4.78, 5) is 25.0. The number of benzene rings is 1. The monoisotopic (exact) mass is 384 g/mol. The standard InChI is InChI=1S/C21H25FN4O2/c1-5-11-23-18(27)10-9-17-13(2)19-14(3)24-26(20(19)25(4)21(17)28)16-8-6-7-15(22)12-16/h6-8,12H,5,9-11H2,1-4H3,(H,23,27). The summed E-state index contributed by atoms with van der Waals surface area (Å²) in [6.45, 7) is 6.38. The lowest BCUT2D eigenvalue weighted by Gasteiger charge is -2.12. The van der Waals surface area contributed by atoms with Crippen LogP contribution in [0, 0.1) is 19.7 Å². The van der Waals surface area contributed by atoms with Gasteiger partial charge in [-0.2, -0.15) is 5.10 Å². The smallest absolute Gasteiger partial charge is 0.255 e. The Morgan fingerprint density at radius 1 is 1.29 bits per heavy atom. The number of halogens is 1. The van der Waals surface area contributed by atoms with Crippen LogP contribution in [-0.2, 0) is 18.3 Å². The van der Waals surface area contributed by atoms with E-state index in [0.29, 0.717) is 29.9 Å². The molecule has 0 radical (unpaired) electrons. The zero-order chi connectivity index (χ0) is 20.4. The first-order chi connectivity index (χ1) is 13.3. The number of aromatic nitrogens is 3. The number of aryl methyl sites for hydroxylation is 3. The van der Waals surface area contributed by atoms with Crippen LogP contribution in [-0.4, -0.2) is 26.8 Å². The number of amides is 1. The van der Waals surface area contributed by atoms with Crippen LogP contribution in [0.25, 0.3) is 16.7 Å². The predicted molar refractivity (Wildman–Crippen MR) is 107 cm³/mol. The van der Waals surface area contributed by atoms with Crippen LogP contribution in [0.1, 0.15) is 36.6 Å². The molecular formula is C21H25FN4O2. The first-order valence-corrected chi connectivity index (χ1v) is 9.45. The Kier molecular flexibility index (Phi) is 5.63. The molecule has 0 aliphatic heterocycles. The molecule has 7 heteroatoms. The Bertz CT molecular complexity index is 1100. The molecule has 148 valence electrons. The van der Waals surface area contributed by atoms with Gasteiger partial charge in [-0.25, -0.2) is 9.07 Å². The number of fused-ring (bicyclic) bond motifs is 1. The fourth-order valence-corrected chi connectivity index (χ4v) is 3.55. The van der Waals surface area contributed by atoms with Crippen LogP contribution in [0.4, 0.5) is 4.39 Å². The number of rotatable bonds is 6.